The van der Waals surface area contributed by atoms with Crippen LogP contribution in [0.15, 0.2) is 24.3 Å². The fourth-order valence-corrected chi connectivity index (χ4v) is 4.01. The van der Waals surface area contributed by atoms with Crippen molar-refractivity contribution in [1.29, 1.82) is 0 Å². The Kier molecular flexibility index (Phi) is 1.77. The van der Waals surface area contributed by atoms with Crippen molar-refractivity contribution in [2.45, 2.75) is 0 Å². The fourth-order valence-electron chi connectivity index (χ4n) is 1.64. The molecule has 2 aliphatic heterocycles. The van der Waals surface area contributed by atoms with Gasteiger partial charge in [0.2, 0.25) is 0 Å². The zero-order valence-corrected chi connectivity index (χ0v) is 9.11. The van der Waals surface area contributed by atoms with E-state index in [-0.39, 0.29) is 0 Å². The Morgan fingerprint density at radius 1 is 1.07 bits per heavy atom. The molecule has 1 spiro atoms. The molecule has 5 nitrogen and oxygen atoms in total. The quantitative estimate of drug-likeness (QED) is 0.692. The van der Waals surface area contributed by atoms with E-state index in [2.05, 4.69) is 0 Å². The maximum absolute atomic E-state index is 5.63. The normalized spacial score (nSPS) is 27.4. The Morgan fingerprint density at radius 2 is 1.60 bits per heavy atom. The summed E-state index contributed by atoms with van der Waals surface area (Å²) in [5.41, 5.74) is 0. The summed E-state index contributed by atoms with van der Waals surface area (Å²) >= 11 is 0. The number of fused-ring (bicyclic) bond motifs is 1. The number of para-hydroxylation sites is 2. The molecule has 1 fully saturated rings. The van der Waals surface area contributed by atoms with E-state index in [0.717, 1.165) is 0 Å². The van der Waals surface area contributed by atoms with Crippen LogP contribution in [0.1, 0.15) is 0 Å². The van der Waals surface area contributed by atoms with Crippen molar-refractivity contribution in [3.8, 4) is 11.5 Å². The van der Waals surface area contributed by atoms with Gasteiger partial charge in [0.1, 0.15) is 0 Å². The second-order valence-corrected chi connectivity index (χ2v) is 5.96. The summed E-state index contributed by atoms with van der Waals surface area (Å²) in [6.07, 6.45) is 0. The molecule has 0 saturated carbocycles. The SMILES string of the molecule is COP12(OCCO1)Oc1ccccc1O2. The summed E-state index contributed by atoms with van der Waals surface area (Å²) in [4.78, 5) is 0. The van der Waals surface area contributed by atoms with Crippen molar-refractivity contribution in [3.63, 3.8) is 0 Å². The van der Waals surface area contributed by atoms with Crippen LogP contribution >= 0.6 is 7.74 Å². The first-order valence-corrected chi connectivity index (χ1v) is 6.46. The molecule has 0 bridgehead atoms. The van der Waals surface area contributed by atoms with Crippen LogP contribution in [0.25, 0.3) is 0 Å². The average molecular weight is 230 g/mol. The van der Waals surface area contributed by atoms with Crippen molar-refractivity contribution in [3.05, 3.63) is 24.3 Å². The second kappa shape index (κ2) is 2.83. The number of benzene rings is 1. The minimum absolute atomic E-state index is 0.416. The summed E-state index contributed by atoms with van der Waals surface area (Å²) in [5, 5.41) is 0. The fraction of sp³-hybridized carbons (Fsp3) is 0.333. The third-order valence-corrected chi connectivity index (χ3v) is 5.12. The topological polar surface area (TPSA) is 46.2 Å². The Bertz CT molecular complexity index is 372. The van der Waals surface area contributed by atoms with E-state index in [1.807, 2.05) is 12.1 Å². The van der Waals surface area contributed by atoms with Gasteiger partial charge in [-0.25, -0.2) is 0 Å². The van der Waals surface area contributed by atoms with Gasteiger partial charge in [-0.05, 0) is 0 Å². The summed E-state index contributed by atoms with van der Waals surface area (Å²) < 4.78 is 27.5. The van der Waals surface area contributed by atoms with Crippen LogP contribution < -0.4 is 9.05 Å². The van der Waals surface area contributed by atoms with Crippen LogP contribution in [0.3, 0.4) is 0 Å². The molecule has 1 aromatic rings. The Labute approximate surface area is 87.2 Å². The van der Waals surface area contributed by atoms with E-state index in [4.69, 9.17) is 22.6 Å². The van der Waals surface area contributed by atoms with E-state index in [1.54, 1.807) is 12.1 Å². The van der Waals surface area contributed by atoms with Crippen molar-refractivity contribution in [1.82, 2.24) is 0 Å². The molecule has 0 aliphatic carbocycles. The van der Waals surface area contributed by atoms with E-state index < -0.39 is 7.74 Å². The van der Waals surface area contributed by atoms with Crippen LogP contribution in [-0.4, -0.2) is 20.3 Å². The zero-order chi connectivity index (χ0) is 10.4. The molecule has 0 atom stereocenters. The molecule has 0 radical (unpaired) electrons. The Balaban J connectivity index is 2.05. The molecule has 6 heteroatoms. The van der Waals surface area contributed by atoms with Gasteiger partial charge in [0.05, 0.1) is 0 Å². The maximum atomic E-state index is 5.63. The van der Waals surface area contributed by atoms with Crippen LogP contribution in [0.4, 0.5) is 0 Å². The van der Waals surface area contributed by atoms with Gasteiger partial charge in [-0.1, -0.05) is 0 Å². The molecule has 0 aromatic heterocycles. The molecule has 15 heavy (non-hydrogen) atoms. The van der Waals surface area contributed by atoms with Crippen LogP contribution in [0.2, 0.25) is 0 Å². The summed E-state index contributed by atoms with van der Waals surface area (Å²) in [5.74, 6) is 1.19. The van der Waals surface area contributed by atoms with Crippen molar-refractivity contribution < 1.29 is 22.6 Å². The molecule has 1 aromatic carbocycles. The standard InChI is InChI=1S/C9H11O5P/c1-10-15(11-6-7-12-15)13-8-4-2-3-5-9(8)14-15/h2-5H,6-7H2,1H3. The third-order valence-electron chi connectivity index (χ3n) is 2.33. The summed E-state index contributed by atoms with van der Waals surface area (Å²) in [7, 11) is -2.30. The first kappa shape index (κ1) is 9.36. The van der Waals surface area contributed by atoms with Gasteiger partial charge in [0.15, 0.2) is 0 Å². The first-order chi connectivity index (χ1) is 7.25. The molecule has 1 saturated heterocycles. The third kappa shape index (κ3) is 1.18. The van der Waals surface area contributed by atoms with E-state index in [0.29, 0.717) is 24.7 Å². The molecule has 2 heterocycles. The van der Waals surface area contributed by atoms with Gasteiger partial charge in [-0.2, -0.15) is 0 Å². The first-order valence-electron chi connectivity index (χ1n) is 4.63. The minimum atomic E-state index is -3.77. The summed E-state index contributed by atoms with van der Waals surface area (Å²) in [6.45, 7) is 0.833. The van der Waals surface area contributed by atoms with E-state index >= 15 is 0 Å². The molecule has 82 valence electrons. The monoisotopic (exact) mass is 230 g/mol. The van der Waals surface area contributed by atoms with Gasteiger partial charge in [0, 0.05) is 0 Å². The number of hydrogen-bond donors (Lipinski definition) is 0. The van der Waals surface area contributed by atoms with Crippen LogP contribution in [0.5, 0.6) is 11.5 Å². The van der Waals surface area contributed by atoms with Crippen molar-refractivity contribution in [2.75, 3.05) is 20.3 Å². The van der Waals surface area contributed by atoms with Gasteiger partial charge < -0.3 is 0 Å². The van der Waals surface area contributed by atoms with Gasteiger partial charge in [0.25, 0.3) is 0 Å². The molecule has 3 rings (SSSR count). The van der Waals surface area contributed by atoms with Gasteiger partial charge >= 0.3 is 86.4 Å². The second-order valence-electron chi connectivity index (χ2n) is 3.22. The number of hydrogen-bond acceptors (Lipinski definition) is 5. The van der Waals surface area contributed by atoms with Crippen molar-refractivity contribution in [2.24, 2.45) is 0 Å². The Morgan fingerprint density at radius 3 is 2.07 bits per heavy atom. The van der Waals surface area contributed by atoms with Crippen LogP contribution in [0, 0.1) is 0 Å². The molecule has 0 amide bonds. The molecule has 0 unspecified atom stereocenters. The molecular formula is C9H11O5P. The predicted molar refractivity (Wildman–Crippen MR) is 53.5 cm³/mol. The van der Waals surface area contributed by atoms with Gasteiger partial charge in [-0.3, -0.25) is 0 Å². The number of rotatable bonds is 1. The molecule has 2 aliphatic rings. The van der Waals surface area contributed by atoms with E-state index in [1.165, 1.54) is 7.11 Å². The van der Waals surface area contributed by atoms with E-state index in [9.17, 15) is 0 Å². The van der Waals surface area contributed by atoms with Gasteiger partial charge in [-0.15, -0.1) is 0 Å². The predicted octanol–water partition coefficient (Wildman–Crippen LogP) is 2.28. The van der Waals surface area contributed by atoms with Crippen LogP contribution in [-0.2, 0) is 13.6 Å². The zero-order valence-electron chi connectivity index (χ0n) is 8.21. The Hall–Kier alpha value is -0.870. The molecular weight excluding hydrogens is 219 g/mol. The summed E-state index contributed by atoms with van der Waals surface area (Å²) in [6, 6.07) is 7.29. The molecule has 0 N–H and O–H groups in total. The average Bonchev–Trinajstić information content (AvgIpc) is 2.82. The van der Waals surface area contributed by atoms with Crippen molar-refractivity contribution >= 4 is 7.74 Å².